The van der Waals surface area contributed by atoms with Gasteiger partial charge in [-0.2, -0.15) is 18.3 Å². The molecule has 1 aliphatic rings. The van der Waals surface area contributed by atoms with Gasteiger partial charge in [-0.3, -0.25) is 4.68 Å². The SMILES string of the molecule is CNC(Cn1ccc(C(F)(F)F)n1)C1CCCCC1. The van der Waals surface area contributed by atoms with Crippen molar-refractivity contribution >= 4 is 0 Å². The zero-order chi connectivity index (χ0) is 13.9. The van der Waals surface area contributed by atoms with Crippen LogP contribution in [-0.2, 0) is 12.7 Å². The zero-order valence-electron chi connectivity index (χ0n) is 11.1. The second-order valence-corrected chi connectivity index (χ2v) is 5.21. The van der Waals surface area contributed by atoms with Crippen LogP contribution in [0.2, 0.25) is 0 Å². The molecular weight excluding hydrogens is 255 g/mol. The van der Waals surface area contributed by atoms with E-state index in [-0.39, 0.29) is 6.04 Å². The molecule has 0 amide bonds. The van der Waals surface area contributed by atoms with Crippen LogP contribution in [0.3, 0.4) is 0 Å². The van der Waals surface area contributed by atoms with E-state index in [0.29, 0.717) is 12.5 Å². The van der Waals surface area contributed by atoms with E-state index in [1.165, 1.54) is 30.1 Å². The van der Waals surface area contributed by atoms with Crippen LogP contribution in [0.4, 0.5) is 13.2 Å². The van der Waals surface area contributed by atoms with Gasteiger partial charge in [0.2, 0.25) is 0 Å². The van der Waals surface area contributed by atoms with E-state index in [2.05, 4.69) is 10.4 Å². The van der Waals surface area contributed by atoms with Gasteiger partial charge in [-0.1, -0.05) is 19.3 Å². The first-order valence-corrected chi connectivity index (χ1v) is 6.78. The molecule has 1 N–H and O–H groups in total. The van der Waals surface area contributed by atoms with Crippen molar-refractivity contribution in [1.82, 2.24) is 15.1 Å². The Balaban J connectivity index is 1.99. The summed E-state index contributed by atoms with van der Waals surface area (Å²) in [6.45, 7) is 0.497. The monoisotopic (exact) mass is 275 g/mol. The van der Waals surface area contributed by atoms with Crippen LogP contribution in [0.5, 0.6) is 0 Å². The molecule has 0 saturated heterocycles. The number of likely N-dealkylation sites (N-methyl/N-ethyl adjacent to an activating group) is 1. The summed E-state index contributed by atoms with van der Waals surface area (Å²) in [6.07, 6.45) is 3.07. The summed E-state index contributed by atoms with van der Waals surface area (Å²) in [7, 11) is 1.87. The fraction of sp³-hybridized carbons (Fsp3) is 0.769. The molecule has 1 saturated carbocycles. The fourth-order valence-electron chi connectivity index (χ4n) is 2.83. The van der Waals surface area contributed by atoms with Gasteiger partial charge in [0.1, 0.15) is 0 Å². The first-order valence-electron chi connectivity index (χ1n) is 6.78. The molecule has 0 radical (unpaired) electrons. The van der Waals surface area contributed by atoms with Crippen molar-refractivity contribution < 1.29 is 13.2 Å². The van der Waals surface area contributed by atoms with Crippen molar-refractivity contribution in [3.05, 3.63) is 18.0 Å². The van der Waals surface area contributed by atoms with Gasteiger partial charge in [-0.05, 0) is 31.9 Å². The van der Waals surface area contributed by atoms with Crippen molar-refractivity contribution in [3.63, 3.8) is 0 Å². The van der Waals surface area contributed by atoms with E-state index >= 15 is 0 Å². The number of rotatable bonds is 4. The highest BCUT2D eigenvalue weighted by Crippen LogP contribution is 2.29. The molecule has 1 aliphatic carbocycles. The van der Waals surface area contributed by atoms with Crippen molar-refractivity contribution in [2.45, 2.75) is 50.9 Å². The molecule has 1 atom stereocenters. The minimum absolute atomic E-state index is 0.196. The molecule has 1 aromatic heterocycles. The van der Waals surface area contributed by atoms with Crippen molar-refractivity contribution in [2.75, 3.05) is 7.05 Å². The quantitative estimate of drug-likeness (QED) is 0.915. The number of alkyl halides is 3. The molecule has 19 heavy (non-hydrogen) atoms. The highest BCUT2D eigenvalue weighted by Gasteiger charge is 2.34. The van der Waals surface area contributed by atoms with Gasteiger partial charge in [0, 0.05) is 12.2 Å². The normalized spacial score (nSPS) is 19.6. The Bertz CT molecular complexity index is 394. The number of nitrogens with zero attached hydrogens (tertiary/aromatic N) is 2. The fourth-order valence-corrected chi connectivity index (χ4v) is 2.83. The number of nitrogens with one attached hydrogen (secondary N) is 1. The topological polar surface area (TPSA) is 29.9 Å². The van der Waals surface area contributed by atoms with Crippen molar-refractivity contribution in [1.29, 1.82) is 0 Å². The molecule has 1 fully saturated rings. The van der Waals surface area contributed by atoms with Gasteiger partial charge < -0.3 is 5.32 Å². The summed E-state index contributed by atoms with van der Waals surface area (Å²) < 4.78 is 38.9. The predicted molar refractivity (Wildman–Crippen MR) is 66.7 cm³/mol. The Kier molecular flexibility index (Phi) is 4.50. The van der Waals surface area contributed by atoms with Crippen LogP contribution < -0.4 is 5.32 Å². The maximum Gasteiger partial charge on any atom is 0.435 e. The molecular formula is C13H20F3N3. The maximum atomic E-state index is 12.5. The van der Waals surface area contributed by atoms with Crippen LogP contribution >= 0.6 is 0 Å². The molecule has 0 spiro atoms. The van der Waals surface area contributed by atoms with Crippen LogP contribution in [0.25, 0.3) is 0 Å². The highest BCUT2D eigenvalue weighted by molar-refractivity contribution is 5.03. The lowest BCUT2D eigenvalue weighted by Crippen LogP contribution is -2.38. The van der Waals surface area contributed by atoms with E-state index in [1.54, 1.807) is 0 Å². The Morgan fingerprint density at radius 1 is 1.37 bits per heavy atom. The van der Waals surface area contributed by atoms with Gasteiger partial charge in [-0.15, -0.1) is 0 Å². The van der Waals surface area contributed by atoms with E-state index < -0.39 is 11.9 Å². The van der Waals surface area contributed by atoms with E-state index in [1.807, 2.05) is 7.05 Å². The third kappa shape index (κ3) is 3.72. The Morgan fingerprint density at radius 2 is 2.05 bits per heavy atom. The average molecular weight is 275 g/mol. The van der Waals surface area contributed by atoms with E-state index in [0.717, 1.165) is 18.9 Å². The lowest BCUT2D eigenvalue weighted by Gasteiger charge is -2.30. The second kappa shape index (κ2) is 5.94. The van der Waals surface area contributed by atoms with Crippen molar-refractivity contribution in [2.24, 2.45) is 5.92 Å². The Hall–Kier alpha value is -1.04. The average Bonchev–Trinajstić information content (AvgIpc) is 2.85. The highest BCUT2D eigenvalue weighted by atomic mass is 19.4. The Labute approximate surface area is 111 Å². The van der Waals surface area contributed by atoms with Crippen LogP contribution in [0, 0.1) is 5.92 Å². The minimum atomic E-state index is -4.36. The molecule has 3 nitrogen and oxygen atoms in total. The summed E-state index contributed by atoms with van der Waals surface area (Å²) in [6, 6.07) is 1.23. The number of aromatic nitrogens is 2. The molecule has 108 valence electrons. The molecule has 1 unspecified atom stereocenters. The smallest absolute Gasteiger partial charge is 0.315 e. The molecule has 0 aromatic carbocycles. The minimum Gasteiger partial charge on any atom is -0.315 e. The number of hydrogen-bond acceptors (Lipinski definition) is 2. The van der Waals surface area contributed by atoms with Gasteiger partial charge in [0.15, 0.2) is 5.69 Å². The van der Waals surface area contributed by atoms with E-state index in [9.17, 15) is 13.2 Å². The van der Waals surface area contributed by atoms with Gasteiger partial charge >= 0.3 is 6.18 Å². The molecule has 0 bridgehead atoms. The molecule has 6 heteroatoms. The first kappa shape index (κ1) is 14.4. The molecule has 2 rings (SSSR count). The molecule has 1 heterocycles. The second-order valence-electron chi connectivity index (χ2n) is 5.21. The lowest BCUT2D eigenvalue weighted by atomic mass is 9.84. The largest absolute Gasteiger partial charge is 0.435 e. The van der Waals surface area contributed by atoms with Crippen molar-refractivity contribution in [3.8, 4) is 0 Å². The summed E-state index contributed by atoms with van der Waals surface area (Å²) in [5, 5.41) is 6.84. The summed E-state index contributed by atoms with van der Waals surface area (Å²) in [4.78, 5) is 0. The predicted octanol–water partition coefficient (Wildman–Crippen LogP) is 3.07. The maximum absolute atomic E-state index is 12.5. The van der Waals surface area contributed by atoms with Gasteiger partial charge in [0.05, 0.1) is 6.54 Å². The third-order valence-electron chi connectivity index (χ3n) is 3.90. The standard InChI is InChI=1S/C13H20F3N3/c1-17-11(10-5-3-2-4-6-10)9-19-8-7-12(18-19)13(14,15)16/h7-8,10-11,17H,2-6,9H2,1H3. The lowest BCUT2D eigenvalue weighted by molar-refractivity contribution is -0.141. The zero-order valence-corrected chi connectivity index (χ0v) is 11.1. The Morgan fingerprint density at radius 3 is 2.58 bits per heavy atom. The van der Waals surface area contributed by atoms with Crippen LogP contribution in [-0.4, -0.2) is 22.9 Å². The van der Waals surface area contributed by atoms with Gasteiger partial charge in [-0.25, -0.2) is 0 Å². The first-order chi connectivity index (χ1) is 9.00. The molecule has 1 aromatic rings. The van der Waals surface area contributed by atoms with Crippen LogP contribution in [0.15, 0.2) is 12.3 Å². The summed E-state index contributed by atoms with van der Waals surface area (Å²) >= 11 is 0. The molecule has 0 aliphatic heterocycles. The number of halogens is 3. The summed E-state index contributed by atoms with van der Waals surface area (Å²) in [5.41, 5.74) is -0.814. The van der Waals surface area contributed by atoms with Crippen LogP contribution in [0.1, 0.15) is 37.8 Å². The third-order valence-corrected chi connectivity index (χ3v) is 3.90. The summed E-state index contributed by atoms with van der Waals surface area (Å²) in [5.74, 6) is 0.539. The van der Waals surface area contributed by atoms with E-state index in [4.69, 9.17) is 0 Å². The van der Waals surface area contributed by atoms with Gasteiger partial charge in [0.25, 0.3) is 0 Å². The number of hydrogen-bond donors (Lipinski definition) is 1.